The smallest absolute Gasteiger partial charge is 0.242 e. The van der Waals surface area contributed by atoms with Crippen molar-refractivity contribution in [3.63, 3.8) is 0 Å². The fraction of sp³-hybridized carbons (Fsp3) is 0.562. The summed E-state index contributed by atoms with van der Waals surface area (Å²) in [6.45, 7) is 0.937. The minimum atomic E-state index is -0.152. The van der Waals surface area contributed by atoms with Crippen LogP contribution in [0.25, 0.3) is 0 Å². The first-order valence-corrected chi connectivity index (χ1v) is 7.51. The van der Waals surface area contributed by atoms with Crippen molar-refractivity contribution in [2.24, 2.45) is 11.8 Å². The van der Waals surface area contributed by atoms with Crippen molar-refractivity contribution < 1.29 is 9.90 Å². The minimum absolute atomic E-state index is 0.0739. The van der Waals surface area contributed by atoms with Gasteiger partial charge in [-0.25, -0.2) is 0 Å². The van der Waals surface area contributed by atoms with Crippen LogP contribution in [0, 0.1) is 11.8 Å². The number of benzene rings is 1. The number of hydrogen-bond acceptors (Lipinski definition) is 3. The molecule has 108 valence electrons. The standard InChI is InChI=1S/C16H22N2O2/c19-10-13-6-3-5-12(13)9-17-16(20)15-8-11-4-1-2-7-14(11)18-15/h1-2,4,7,12-13,15,18-19H,3,5-6,8-10H2,(H,17,20). The topological polar surface area (TPSA) is 61.4 Å². The van der Waals surface area contributed by atoms with Gasteiger partial charge in [0, 0.05) is 25.3 Å². The molecule has 0 saturated heterocycles. The van der Waals surface area contributed by atoms with Gasteiger partial charge in [-0.3, -0.25) is 4.79 Å². The van der Waals surface area contributed by atoms with E-state index >= 15 is 0 Å². The van der Waals surface area contributed by atoms with E-state index in [4.69, 9.17) is 0 Å². The van der Waals surface area contributed by atoms with Crippen LogP contribution < -0.4 is 10.6 Å². The molecule has 3 atom stereocenters. The van der Waals surface area contributed by atoms with Crippen molar-refractivity contribution in [1.82, 2.24) is 5.32 Å². The van der Waals surface area contributed by atoms with Crippen LogP contribution in [0.2, 0.25) is 0 Å². The molecule has 1 aliphatic heterocycles. The lowest BCUT2D eigenvalue weighted by molar-refractivity contribution is -0.122. The van der Waals surface area contributed by atoms with E-state index < -0.39 is 0 Å². The highest BCUT2D eigenvalue weighted by Gasteiger charge is 2.29. The lowest BCUT2D eigenvalue weighted by Crippen LogP contribution is -2.41. The lowest BCUT2D eigenvalue weighted by atomic mass is 9.97. The van der Waals surface area contributed by atoms with Gasteiger partial charge < -0.3 is 15.7 Å². The number of nitrogens with one attached hydrogen (secondary N) is 2. The van der Waals surface area contributed by atoms with E-state index in [0.717, 1.165) is 24.9 Å². The predicted octanol–water partition coefficient (Wildman–Crippen LogP) is 1.55. The maximum absolute atomic E-state index is 12.2. The summed E-state index contributed by atoms with van der Waals surface area (Å²) in [6, 6.07) is 7.92. The summed E-state index contributed by atoms with van der Waals surface area (Å²) >= 11 is 0. The van der Waals surface area contributed by atoms with Gasteiger partial charge in [0.2, 0.25) is 5.91 Å². The van der Waals surface area contributed by atoms with Crippen molar-refractivity contribution in [2.45, 2.75) is 31.7 Å². The molecule has 0 spiro atoms. The van der Waals surface area contributed by atoms with E-state index in [-0.39, 0.29) is 18.6 Å². The van der Waals surface area contributed by atoms with Crippen LogP contribution in [0.5, 0.6) is 0 Å². The second-order valence-corrected chi connectivity index (χ2v) is 5.94. The van der Waals surface area contributed by atoms with Crippen molar-refractivity contribution in [1.29, 1.82) is 0 Å². The van der Waals surface area contributed by atoms with Crippen LogP contribution in [0.1, 0.15) is 24.8 Å². The maximum Gasteiger partial charge on any atom is 0.242 e. The summed E-state index contributed by atoms with van der Waals surface area (Å²) < 4.78 is 0. The van der Waals surface area contributed by atoms with E-state index in [2.05, 4.69) is 16.7 Å². The Morgan fingerprint density at radius 1 is 1.30 bits per heavy atom. The van der Waals surface area contributed by atoms with Crippen LogP contribution in [0.3, 0.4) is 0 Å². The summed E-state index contributed by atoms with van der Waals surface area (Å²) in [7, 11) is 0. The Bertz CT molecular complexity index is 464. The second-order valence-electron chi connectivity index (χ2n) is 5.94. The Hall–Kier alpha value is -1.55. The molecule has 4 nitrogen and oxygen atoms in total. The summed E-state index contributed by atoms with van der Waals surface area (Å²) in [5, 5.41) is 15.6. The highest BCUT2D eigenvalue weighted by atomic mass is 16.3. The zero-order chi connectivity index (χ0) is 13.9. The number of carbonyl (C=O) groups excluding carboxylic acids is 1. The fourth-order valence-corrected chi connectivity index (χ4v) is 3.43. The second kappa shape index (κ2) is 5.83. The number of carbonyl (C=O) groups is 1. The van der Waals surface area contributed by atoms with E-state index in [1.807, 2.05) is 18.2 Å². The van der Waals surface area contributed by atoms with Gasteiger partial charge in [0.1, 0.15) is 6.04 Å². The van der Waals surface area contributed by atoms with Crippen LogP contribution >= 0.6 is 0 Å². The normalized spacial score (nSPS) is 27.9. The number of amides is 1. The van der Waals surface area contributed by atoms with Gasteiger partial charge in [0.25, 0.3) is 0 Å². The number of anilines is 1. The third kappa shape index (κ3) is 2.66. The zero-order valence-electron chi connectivity index (χ0n) is 11.6. The molecule has 1 saturated carbocycles. The number of aliphatic hydroxyl groups is 1. The summed E-state index contributed by atoms with van der Waals surface area (Å²) in [6.07, 6.45) is 4.13. The maximum atomic E-state index is 12.2. The molecule has 3 N–H and O–H groups in total. The van der Waals surface area contributed by atoms with Gasteiger partial charge in [-0.05, 0) is 36.3 Å². The van der Waals surface area contributed by atoms with E-state index in [1.54, 1.807) is 0 Å². The fourth-order valence-electron chi connectivity index (χ4n) is 3.43. The number of para-hydroxylation sites is 1. The molecule has 1 aliphatic carbocycles. The van der Waals surface area contributed by atoms with Gasteiger partial charge in [0.05, 0.1) is 0 Å². The SMILES string of the molecule is O=C(NCC1CCCC1CO)C1Cc2ccccc2N1. The first-order chi connectivity index (χ1) is 9.78. The minimum Gasteiger partial charge on any atom is -0.396 e. The molecule has 0 radical (unpaired) electrons. The highest BCUT2D eigenvalue weighted by Crippen LogP contribution is 2.31. The van der Waals surface area contributed by atoms with E-state index in [1.165, 1.54) is 12.0 Å². The molecule has 1 heterocycles. The average Bonchev–Trinajstić information content (AvgIpc) is 3.10. The number of hydrogen-bond donors (Lipinski definition) is 3. The Morgan fingerprint density at radius 2 is 2.10 bits per heavy atom. The van der Waals surface area contributed by atoms with Crippen molar-refractivity contribution in [3.05, 3.63) is 29.8 Å². The van der Waals surface area contributed by atoms with Crippen molar-refractivity contribution in [2.75, 3.05) is 18.5 Å². The van der Waals surface area contributed by atoms with Crippen LogP contribution in [0.4, 0.5) is 5.69 Å². The predicted molar refractivity (Wildman–Crippen MR) is 78.5 cm³/mol. The van der Waals surface area contributed by atoms with Crippen LogP contribution in [-0.2, 0) is 11.2 Å². The largest absolute Gasteiger partial charge is 0.396 e. The molecular weight excluding hydrogens is 252 g/mol. The molecule has 2 aliphatic rings. The Kier molecular flexibility index (Phi) is 3.92. The molecule has 3 unspecified atom stereocenters. The Morgan fingerprint density at radius 3 is 2.90 bits per heavy atom. The third-order valence-corrected chi connectivity index (χ3v) is 4.68. The summed E-state index contributed by atoms with van der Waals surface area (Å²) in [5.74, 6) is 0.876. The monoisotopic (exact) mass is 274 g/mol. The molecule has 1 aromatic carbocycles. The van der Waals surface area contributed by atoms with E-state index in [9.17, 15) is 9.90 Å². The van der Waals surface area contributed by atoms with Crippen LogP contribution in [-0.4, -0.2) is 30.2 Å². The lowest BCUT2D eigenvalue weighted by Gasteiger charge is -2.19. The molecule has 20 heavy (non-hydrogen) atoms. The zero-order valence-corrected chi connectivity index (χ0v) is 11.6. The van der Waals surface area contributed by atoms with E-state index in [0.29, 0.717) is 18.4 Å². The third-order valence-electron chi connectivity index (χ3n) is 4.68. The molecule has 0 bridgehead atoms. The molecule has 0 aromatic heterocycles. The molecule has 3 rings (SSSR count). The van der Waals surface area contributed by atoms with Gasteiger partial charge in [-0.15, -0.1) is 0 Å². The number of aliphatic hydroxyl groups excluding tert-OH is 1. The quantitative estimate of drug-likeness (QED) is 0.780. The van der Waals surface area contributed by atoms with Gasteiger partial charge in [-0.2, -0.15) is 0 Å². The number of fused-ring (bicyclic) bond motifs is 1. The van der Waals surface area contributed by atoms with Crippen molar-refractivity contribution in [3.8, 4) is 0 Å². The molecule has 1 amide bonds. The molecule has 1 aromatic rings. The van der Waals surface area contributed by atoms with Gasteiger partial charge in [-0.1, -0.05) is 24.6 Å². The van der Waals surface area contributed by atoms with Crippen molar-refractivity contribution >= 4 is 11.6 Å². The summed E-state index contributed by atoms with van der Waals surface area (Å²) in [5.41, 5.74) is 2.28. The molecule has 4 heteroatoms. The molecule has 1 fully saturated rings. The Labute approximate surface area is 119 Å². The highest BCUT2D eigenvalue weighted by molar-refractivity contribution is 5.87. The first-order valence-electron chi connectivity index (χ1n) is 7.51. The van der Waals surface area contributed by atoms with Gasteiger partial charge >= 0.3 is 0 Å². The number of rotatable bonds is 4. The van der Waals surface area contributed by atoms with Gasteiger partial charge in [0.15, 0.2) is 0 Å². The molecular formula is C16H22N2O2. The Balaban J connectivity index is 1.51. The first kappa shape index (κ1) is 13.4. The summed E-state index contributed by atoms with van der Waals surface area (Å²) in [4.78, 5) is 12.2. The van der Waals surface area contributed by atoms with Crippen LogP contribution in [0.15, 0.2) is 24.3 Å². The average molecular weight is 274 g/mol.